The SMILES string of the molecule is CC(=O)C(c1ccc(F)cc1)c1ccc(C#N)cc1. The van der Waals surface area contributed by atoms with Gasteiger partial charge < -0.3 is 0 Å². The Morgan fingerprint density at radius 1 is 1.05 bits per heavy atom. The van der Waals surface area contributed by atoms with Crippen LogP contribution in [0.5, 0.6) is 0 Å². The second-order valence-corrected chi connectivity index (χ2v) is 4.33. The van der Waals surface area contributed by atoms with Crippen molar-refractivity contribution < 1.29 is 9.18 Å². The van der Waals surface area contributed by atoms with Crippen LogP contribution in [0.1, 0.15) is 29.5 Å². The maximum atomic E-state index is 12.9. The molecule has 0 aliphatic rings. The molecule has 0 spiro atoms. The van der Waals surface area contributed by atoms with Gasteiger partial charge in [-0.1, -0.05) is 24.3 Å². The van der Waals surface area contributed by atoms with E-state index in [1.165, 1.54) is 19.1 Å². The molecule has 0 N–H and O–H groups in total. The summed E-state index contributed by atoms with van der Waals surface area (Å²) in [5.41, 5.74) is 2.10. The van der Waals surface area contributed by atoms with Crippen LogP contribution in [0, 0.1) is 17.1 Å². The Kier molecular flexibility index (Phi) is 3.72. The molecule has 0 bridgehead atoms. The summed E-state index contributed by atoms with van der Waals surface area (Å²) in [5, 5.41) is 8.77. The van der Waals surface area contributed by atoms with Gasteiger partial charge in [0.15, 0.2) is 0 Å². The number of hydrogen-bond acceptors (Lipinski definition) is 2. The molecule has 2 rings (SSSR count). The lowest BCUT2D eigenvalue weighted by Crippen LogP contribution is -2.10. The van der Waals surface area contributed by atoms with Crippen LogP contribution in [-0.4, -0.2) is 5.78 Å². The third-order valence-electron chi connectivity index (χ3n) is 2.98. The van der Waals surface area contributed by atoms with Gasteiger partial charge in [-0.25, -0.2) is 4.39 Å². The first-order chi connectivity index (χ1) is 9.11. The number of halogens is 1. The van der Waals surface area contributed by atoms with E-state index in [1.807, 2.05) is 6.07 Å². The van der Waals surface area contributed by atoms with Gasteiger partial charge in [0.2, 0.25) is 0 Å². The summed E-state index contributed by atoms with van der Waals surface area (Å²) in [6.07, 6.45) is 0. The monoisotopic (exact) mass is 253 g/mol. The Labute approximate surface area is 111 Å². The van der Waals surface area contributed by atoms with Crippen LogP contribution in [0.25, 0.3) is 0 Å². The van der Waals surface area contributed by atoms with Crippen LogP contribution < -0.4 is 0 Å². The number of carbonyl (C=O) groups is 1. The number of Topliss-reactive ketones (excluding diaryl/α,β-unsaturated/α-hetero) is 1. The summed E-state index contributed by atoms with van der Waals surface area (Å²) in [5.74, 6) is -0.768. The van der Waals surface area contributed by atoms with Crippen molar-refractivity contribution >= 4 is 5.78 Å². The zero-order valence-electron chi connectivity index (χ0n) is 10.4. The first-order valence-electron chi connectivity index (χ1n) is 5.88. The predicted molar refractivity (Wildman–Crippen MR) is 70.1 cm³/mol. The van der Waals surface area contributed by atoms with Crippen molar-refractivity contribution in [2.75, 3.05) is 0 Å². The number of nitrogens with zero attached hydrogens (tertiary/aromatic N) is 1. The zero-order valence-corrected chi connectivity index (χ0v) is 10.4. The molecule has 2 nitrogen and oxygen atoms in total. The van der Waals surface area contributed by atoms with Crippen LogP contribution in [0.2, 0.25) is 0 Å². The summed E-state index contributed by atoms with van der Waals surface area (Å²) in [6, 6.07) is 14.8. The van der Waals surface area contributed by atoms with E-state index in [0.717, 1.165) is 11.1 Å². The van der Waals surface area contributed by atoms with Gasteiger partial charge in [-0.05, 0) is 42.3 Å². The highest BCUT2D eigenvalue weighted by Crippen LogP contribution is 2.26. The van der Waals surface area contributed by atoms with Crippen LogP contribution in [0.15, 0.2) is 48.5 Å². The highest BCUT2D eigenvalue weighted by molar-refractivity contribution is 5.86. The van der Waals surface area contributed by atoms with E-state index in [4.69, 9.17) is 5.26 Å². The quantitative estimate of drug-likeness (QED) is 0.841. The molecule has 2 aromatic rings. The van der Waals surface area contributed by atoms with E-state index in [9.17, 15) is 9.18 Å². The van der Waals surface area contributed by atoms with Crippen molar-refractivity contribution in [2.24, 2.45) is 0 Å². The molecule has 0 amide bonds. The van der Waals surface area contributed by atoms with E-state index in [2.05, 4.69) is 0 Å². The molecule has 1 unspecified atom stereocenters. The molecule has 0 aromatic heterocycles. The molecular formula is C16H12FNO. The van der Waals surface area contributed by atoms with Gasteiger partial charge in [-0.15, -0.1) is 0 Å². The van der Waals surface area contributed by atoms with Crippen LogP contribution in [0.3, 0.4) is 0 Å². The van der Waals surface area contributed by atoms with Crippen molar-refractivity contribution in [3.8, 4) is 6.07 Å². The maximum absolute atomic E-state index is 12.9. The van der Waals surface area contributed by atoms with Gasteiger partial charge in [0, 0.05) is 0 Å². The first kappa shape index (κ1) is 13.0. The average Bonchev–Trinajstić information content (AvgIpc) is 2.42. The van der Waals surface area contributed by atoms with E-state index in [-0.39, 0.29) is 11.6 Å². The minimum atomic E-state index is -0.423. The number of ketones is 1. The summed E-state index contributed by atoms with van der Waals surface area (Å²) < 4.78 is 12.9. The van der Waals surface area contributed by atoms with E-state index >= 15 is 0 Å². The third-order valence-corrected chi connectivity index (χ3v) is 2.98. The van der Waals surface area contributed by atoms with Gasteiger partial charge in [-0.2, -0.15) is 5.26 Å². The molecule has 1 atom stereocenters. The van der Waals surface area contributed by atoms with Gasteiger partial charge in [0.25, 0.3) is 0 Å². The average molecular weight is 253 g/mol. The van der Waals surface area contributed by atoms with Crippen molar-refractivity contribution in [1.82, 2.24) is 0 Å². The van der Waals surface area contributed by atoms with Crippen molar-refractivity contribution in [3.63, 3.8) is 0 Å². The van der Waals surface area contributed by atoms with Crippen LogP contribution >= 0.6 is 0 Å². The Bertz CT molecular complexity index is 623. The van der Waals surface area contributed by atoms with Crippen molar-refractivity contribution in [2.45, 2.75) is 12.8 Å². The lowest BCUT2D eigenvalue weighted by atomic mass is 9.88. The summed E-state index contributed by atoms with van der Waals surface area (Å²) in [7, 11) is 0. The van der Waals surface area contributed by atoms with Crippen molar-refractivity contribution in [1.29, 1.82) is 5.26 Å². The number of rotatable bonds is 3. The van der Waals surface area contributed by atoms with Crippen LogP contribution in [-0.2, 0) is 4.79 Å². The predicted octanol–water partition coefficient (Wildman–Crippen LogP) is 3.42. The molecule has 0 aliphatic heterocycles. The Hall–Kier alpha value is -2.47. The van der Waals surface area contributed by atoms with Gasteiger partial charge in [0.05, 0.1) is 17.6 Å². The third kappa shape index (κ3) is 2.86. The molecule has 0 heterocycles. The molecule has 0 radical (unpaired) electrons. The summed E-state index contributed by atoms with van der Waals surface area (Å²) in [4.78, 5) is 11.8. The lowest BCUT2D eigenvalue weighted by molar-refractivity contribution is -0.117. The highest BCUT2D eigenvalue weighted by Gasteiger charge is 2.18. The number of hydrogen-bond donors (Lipinski definition) is 0. The van der Waals surface area contributed by atoms with Gasteiger partial charge in [-0.3, -0.25) is 4.79 Å². The standard InChI is InChI=1S/C16H12FNO/c1-11(19)16(14-6-8-15(17)9-7-14)13-4-2-12(10-18)3-5-13/h2-9,16H,1H3. The minimum Gasteiger partial charge on any atom is -0.299 e. The Balaban J connectivity index is 2.42. The molecule has 2 aromatic carbocycles. The fourth-order valence-corrected chi connectivity index (χ4v) is 2.07. The molecule has 0 fully saturated rings. The minimum absolute atomic E-state index is 0.0173. The Morgan fingerprint density at radius 2 is 1.53 bits per heavy atom. The summed E-state index contributed by atoms with van der Waals surface area (Å²) >= 11 is 0. The second kappa shape index (κ2) is 5.45. The van der Waals surface area contributed by atoms with Gasteiger partial charge in [0.1, 0.15) is 11.6 Å². The number of carbonyl (C=O) groups excluding carboxylic acids is 1. The molecule has 0 saturated carbocycles. The second-order valence-electron chi connectivity index (χ2n) is 4.33. The van der Waals surface area contributed by atoms with E-state index < -0.39 is 5.92 Å². The first-order valence-corrected chi connectivity index (χ1v) is 5.88. The molecular weight excluding hydrogens is 241 g/mol. The van der Waals surface area contributed by atoms with E-state index in [0.29, 0.717) is 5.56 Å². The molecule has 3 heteroatoms. The fraction of sp³-hybridized carbons (Fsp3) is 0.125. The zero-order chi connectivity index (χ0) is 13.8. The molecule has 0 saturated heterocycles. The number of nitriles is 1. The smallest absolute Gasteiger partial charge is 0.141 e. The lowest BCUT2D eigenvalue weighted by Gasteiger charge is -2.14. The molecule has 19 heavy (non-hydrogen) atoms. The largest absolute Gasteiger partial charge is 0.299 e. The highest BCUT2D eigenvalue weighted by atomic mass is 19.1. The molecule has 0 aliphatic carbocycles. The topological polar surface area (TPSA) is 40.9 Å². The van der Waals surface area contributed by atoms with Gasteiger partial charge >= 0.3 is 0 Å². The molecule has 94 valence electrons. The van der Waals surface area contributed by atoms with Crippen LogP contribution in [0.4, 0.5) is 4.39 Å². The summed E-state index contributed by atoms with van der Waals surface area (Å²) in [6.45, 7) is 1.51. The normalized spacial score (nSPS) is 11.6. The Morgan fingerprint density at radius 3 is 1.95 bits per heavy atom. The van der Waals surface area contributed by atoms with Crippen molar-refractivity contribution in [3.05, 3.63) is 71.0 Å². The van der Waals surface area contributed by atoms with E-state index in [1.54, 1.807) is 36.4 Å². The maximum Gasteiger partial charge on any atom is 0.141 e. The number of benzene rings is 2. The fourth-order valence-electron chi connectivity index (χ4n) is 2.07.